The highest BCUT2D eigenvalue weighted by molar-refractivity contribution is 7.89. The SMILES string of the molecule is NS(=O)(=O)c1ccc(-c2cc(-c3ccc(F)cc3)no2)cc1. The Morgan fingerprint density at radius 3 is 2.14 bits per heavy atom. The van der Waals surface area contributed by atoms with E-state index in [4.69, 9.17) is 9.66 Å². The molecule has 0 bridgehead atoms. The molecule has 0 amide bonds. The van der Waals surface area contributed by atoms with E-state index in [2.05, 4.69) is 5.16 Å². The number of nitrogens with two attached hydrogens (primary N) is 1. The summed E-state index contributed by atoms with van der Waals surface area (Å²) in [5.74, 6) is 0.145. The summed E-state index contributed by atoms with van der Waals surface area (Å²) in [6.45, 7) is 0. The van der Waals surface area contributed by atoms with Crippen molar-refractivity contribution in [3.05, 3.63) is 60.4 Å². The summed E-state index contributed by atoms with van der Waals surface area (Å²) < 4.78 is 40.6. The molecule has 0 radical (unpaired) electrons. The van der Waals surface area contributed by atoms with E-state index < -0.39 is 10.0 Å². The average Bonchev–Trinajstić information content (AvgIpc) is 2.97. The molecule has 0 atom stereocenters. The minimum absolute atomic E-state index is 0.0227. The maximum Gasteiger partial charge on any atom is 0.238 e. The van der Waals surface area contributed by atoms with Gasteiger partial charge >= 0.3 is 0 Å². The highest BCUT2D eigenvalue weighted by Crippen LogP contribution is 2.26. The maximum atomic E-state index is 12.9. The van der Waals surface area contributed by atoms with Crippen LogP contribution in [0, 0.1) is 5.82 Å². The normalized spacial score (nSPS) is 11.5. The molecule has 0 fully saturated rings. The molecule has 3 aromatic rings. The van der Waals surface area contributed by atoms with Crippen LogP contribution < -0.4 is 5.14 Å². The minimum Gasteiger partial charge on any atom is -0.356 e. The first-order chi connectivity index (χ1) is 10.4. The van der Waals surface area contributed by atoms with Gasteiger partial charge in [0.1, 0.15) is 11.5 Å². The first kappa shape index (κ1) is 14.4. The summed E-state index contributed by atoms with van der Waals surface area (Å²) in [5.41, 5.74) is 1.94. The van der Waals surface area contributed by atoms with Gasteiger partial charge in [-0.1, -0.05) is 5.16 Å². The van der Waals surface area contributed by atoms with Gasteiger partial charge in [-0.25, -0.2) is 17.9 Å². The van der Waals surface area contributed by atoms with Crippen molar-refractivity contribution >= 4 is 10.0 Å². The van der Waals surface area contributed by atoms with Crippen LogP contribution in [0.4, 0.5) is 4.39 Å². The second-order valence-corrected chi connectivity index (χ2v) is 6.21. The van der Waals surface area contributed by atoms with Crippen LogP contribution in [0.3, 0.4) is 0 Å². The molecule has 5 nitrogen and oxygen atoms in total. The Morgan fingerprint density at radius 1 is 0.955 bits per heavy atom. The van der Waals surface area contributed by atoms with Gasteiger partial charge in [-0.2, -0.15) is 0 Å². The predicted molar refractivity (Wildman–Crippen MR) is 78.7 cm³/mol. The van der Waals surface area contributed by atoms with E-state index in [9.17, 15) is 12.8 Å². The summed E-state index contributed by atoms with van der Waals surface area (Å²) in [5, 5.41) is 8.97. The highest BCUT2D eigenvalue weighted by atomic mass is 32.2. The lowest BCUT2D eigenvalue weighted by molar-refractivity contribution is 0.435. The van der Waals surface area contributed by atoms with E-state index in [-0.39, 0.29) is 10.7 Å². The van der Waals surface area contributed by atoms with Crippen LogP contribution in [-0.4, -0.2) is 13.6 Å². The topological polar surface area (TPSA) is 86.2 Å². The summed E-state index contributed by atoms with van der Waals surface area (Å²) in [7, 11) is -3.73. The Labute approximate surface area is 126 Å². The monoisotopic (exact) mass is 318 g/mol. The van der Waals surface area contributed by atoms with Crippen LogP contribution in [0.2, 0.25) is 0 Å². The summed E-state index contributed by atoms with van der Waals surface area (Å²) in [4.78, 5) is 0.0227. The third-order valence-corrected chi connectivity index (χ3v) is 4.05. The van der Waals surface area contributed by atoms with Gasteiger partial charge in [0.25, 0.3) is 0 Å². The number of hydrogen-bond acceptors (Lipinski definition) is 4. The Balaban J connectivity index is 1.92. The molecule has 0 unspecified atom stereocenters. The molecule has 0 spiro atoms. The fourth-order valence-corrected chi connectivity index (χ4v) is 2.49. The van der Waals surface area contributed by atoms with E-state index in [0.29, 0.717) is 17.0 Å². The molecule has 0 saturated heterocycles. The third-order valence-electron chi connectivity index (χ3n) is 3.12. The molecule has 2 N–H and O–H groups in total. The lowest BCUT2D eigenvalue weighted by atomic mass is 10.1. The summed E-state index contributed by atoms with van der Waals surface area (Å²) in [6.07, 6.45) is 0. The standard InChI is InChI=1S/C15H11FN2O3S/c16-12-5-1-10(2-6-12)14-9-15(21-18-14)11-3-7-13(8-4-11)22(17,19)20/h1-9H,(H2,17,19,20). The largest absolute Gasteiger partial charge is 0.356 e. The Bertz CT molecular complexity index is 901. The van der Waals surface area contributed by atoms with Crippen LogP contribution in [-0.2, 0) is 10.0 Å². The molecule has 0 aliphatic heterocycles. The lowest BCUT2D eigenvalue weighted by Gasteiger charge is -1.99. The van der Waals surface area contributed by atoms with Crippen molar-refractivity contribution in [1.29, 1.82) is 0 Å². The first-order valence-electron chi connectivity index (χ1n) is 6.29. The number of primary sulfonamides is 1. The molecule has 0 aliphatic carbocycles. The quantitative estimate of drug-likeness (QED) is 0.804. The van der Waals surface area contributed by atoms with Crippen molar-refractivity contribution in [1.82, 2.24) is 5.16 Å². The van der Waals surface area contributed by atoms with Crippen LogP contribution in [0.25, 0.3) is 22.6 Å². The van der Waals surface area contributed by atoms with Crippen molar-refractivity contribution in [3.63, 3.8) is 0 Å². The molecule has 0 saturated carbocycles. The van der Waals surface area contributed by atoms with Crippen LogP contribution in [0.15, 0.2) is 64.0 Å². The van der Waals surface area contributed by atoms with Crippen molar-refractivity contribution in [2.45, 2.75) is 4.90 Å². The number of hydrogen-bond donors (Lipinski definition) is 1. The zero-order valence-corrected chi connectivity index (χ0v) is 12.0. The Hall–Kier alpha value is -2.51. The fraction of sp³-hybridized carbons (Fsp3) is 0. The second-order valence-electron chi connectivity index (χ2n) is 4.65. The zero-order chi connectivity index (χ0) is 15.7. The molecule has 0 aliphatic rings. The number of aromatic nitrogens is 1. The van der Waals surface area contributed by atoms with Crippen molar-refractivity contribution < 1.29 is 17.3 Å². The van der Waals surface area contributed by atoms with Crippen molar-refractivity contribution in [3.8, 4) is 22.6 Å². The fourth-order valence-electron chi connectivity index (χ4n) is 1.98. The number of benzene rings is 2. The molecule has 7 heteroatoms. The van der Waals surface area contributed by atoms with Crippen LogP contribution in [0.5, 0.6) is 0 Å². The number of rotatable bonds is 3. The van der Waals surface area contributed by atoms with Crippen molar-refractivity contribution in [2.24, 2.45) is 5.14 Å². The highest BCUT2D eigenvalue weighted by Gasteiger charge is 2.11. The Kier molecular flexibility index (Phi) is 3.51. The third kappa shape index (κ3) is 2.90. The lowest BCUT2D eigenvalue weighted by Crippen LogP contribution is -2.11. The predicted octanol–water partition coefficient (Wildman–Crippen LogP) is 2.80. The van der Waals surface area contributed by atoms with Gasteiger partial charge in [0.05, 0.1) is 4.90 Å². The van der Waals surface area contributed by atoms with Gasteiger partial charge < -0.3 is 4.52 Å². The number of halogens is 1. The average molecular weight is 318 g/mol. The molecule has 22 heavy (non-hydrogen) atoms. The molecular formula is C15H11FN2O3S. The molecule has 1 aromatic heterocycles. The van der Waals surface area contributed by atoms with Gasteiger partial charge in [-0.3, -0.25) is 0 Å². The van der Waals surface area contributed by atoms with Gasteiger partial charge in [-0.05, 0) is 48.5 Å². The van der Waals surface area contributed by atoms with E-state index in [1.807, 2.05) is 0 Å². The number of sulfonamides is 1. The van der Waals surface area contributed by atoms with Crippen LogP contribution >= 0.6 is 0 Å². The van der Waals surface area contributed by atoms with E-state index in [0.717, 1.165) is 5.56 Å². The van der Waals surface area contributed by atoms with E-state index in [1.165, 1.54) is 24.3 Å². The van der Waals surface area contributed by atoms with Crippen LogP contribution in [0.1, 0.15) is 0 Å². The zero-order valence-electron chi connectivity index (χ0n) is 11.2. The summed E-state index contributed by atoms with van der Waals surface area (Å²) >= 11 is 0. The molecule has 112 valence electrons. The number of nitrogens with zero attached hydrogens (tertiary/aromatic N) is 1. The summed E-state index contributed by atoms with van der Waals surface area (Å²) in [6, 6.07) is 13.5. The second kappa shape index (κ2) is 5.36. The molecule has 3 rings (SSSR count). The minimum atomic E-state index is -3.73. The van der Waals surface area contributed by atoms with Gasteiger partial charge in [-0.15, -0.1) is 0 Å². The maximum absolute atomic E-state index is 12.9. The van der Waals surface area contributed by atoms with Crippen molar-refractivity contribution in [2.75, 3.05) is 0 Å². The molecule has 2 aromatic carbocycles. The first-order valence-corrected chi connectivity index (χ1v) is 7.84. The van der Waals surface area contributed by atoms with E-state index >= 15 is 0 Å². The van der Waals surface area contributed by atoms with E-state index in [1.54, 1.807) is 30.3 Å². The van der Waals surface area contributed by atoms with Gasteiger partial charge in [0.15, 0.2) is 5.76 Å². The smallest absolute Gasteiger partial charge is 0.238 e. The Morgan fingerprint density at radius 2 is 1.55 bits per heavy atom. The molecule has 1 heterocycles. The molecular weight excluding hydrogens is 307 g/mol. The van der Waals surface area contributed by atoms with Gasteiger partial charge in [0, 0.05) is 17.2 Å². The van der Waals surface area contributed by atoms with Gasteiger partial charge in [0.2, 0.25) is 10.0 Å².